The zero-order valence-corrected chi connectivity index (χ0v) is 16.0. The number of carbonyl (C=O) groups excluding carboxylic acids is 2. The quantitative estimate of drug-likeness (QED) is 0.602. The van der Waals surface area contributed by atoms with Gasteiger partial charge in [0.15, 0.2) is 6.29 Å². The number of benzene rings is 2. The van der Waals surface area contributed by atoms with Gasteiger partial charge in [-0.2, -0.15) is 0 Å². The lowest BCUT2D eigenvalue weighted by atomic mass is 10.1. The van der Waals surface area contributed by atoms with Crippen LogP contribution in [-0.2, 0) is 11.3 Å². The summed E-state index contributed by atoms with van der Waals surface area (Å²) in [5.74, 6) is 0.501. The Hall–Kier alpha value is -3.08. The fourth-order valence-corrected chi connectivity index (χ4v) is 2.97. The van der Waals surface area contributed by atoms with E-state index >= 15 is 0 Å². The van der Waals surface area contributed by atoms with Gasteiger partial charge in [-0.25, -0.2) is 4.79 Å². The van der Waals surface area contributed by atoms with Gasteiger partial charge in [-0.15, -0.1) is 0 Å². The molecule has 0 amide bonds. The van der Waals surface area contributed by atoms with Crippen molar-refractivity contribution in [1.82, 2.24) is 4.57 Å². The monoisotopic (exact) mass is 365 g/mol. The fraction of sp³-hybridized carbons (Fsp3) is 0.273. The Morgan fingerprint density at radius 1 is 1.15 bits per heavy atom. The molecule has 0 bridgehead atoms. The van der Waals surface area contributed by atoms with E-state index in [-0.39, 0.29) is 0 Å². The van der Waals surface area contributed by atoms with Crippen LogP contribution >= 0.6 is 0 Å². The highest BCUT2D eigenvalue weighted by Crippen LogP contribution is 2.32. The molecule has 0 unspecified atom stereocenters. The van der Waals surface area contributed by atoms with Crippen LogP contribution in [0, 0.1) is 6.92 Å². The topological polar surface area (TPSA) is 57.5 Å². The number of hydrogen-bond acceptors (Lipinski definition) is 4. The van der Waals surface area contributed by atoms with Crippen LogP contribution in [0.4, 0.5) is 4.79 Å². The Morgan fingerprint density at radius 3 is 2.48 bits per heavy atom. The molecule has 0 saturated heterocycles. The van der Waals surface area contributed by atoms with E-state index in [0.717, 1.165) is 17.4 Å². The Balaban J connectivity index is 1.99. The lowest BCUT2D eigenvalue weighted by Crippen LogP contribution is -2.26. The van der Waals surface area contributed by atoms with Crippen LogP contribution in [0.2, 0.25) is 0 Å². The van der Waals surface area contributed by atoms with Gasteiger partial charge in [0.2, 0.25) is 0 Å². The lowest BCUT2D eigenvalue weighted by Gasteiger charge is -2.20. The maximum atomic E-state index is 12.5. The molecule has 0 N–H and O–H groups in total. The van der Waals surface area contributed by atoms with Crippen LogP contribution in [0.5, 0.6) is 5.75 Å². The molecular weight excluding hydrogens is 342 g/mol. The number of fused-ring (bicyclic) bond motifs is 1. The molecule has 0 fully saturated rings. The summed E-state index contributed by atoms with van der Waals surface area (Å²) in [5, 5.41) is 0.666. The summed E-state index contributed by atoms with van der Waals surface area (Å²) in [6, 6.07) is 13.3. The first kappa shape index (κ1) is 18.7. The van der Waals surface area contributed by atoms with E-state index in [1.54, 1.807) is 18.3 Å². The second-order valence-corrected chi connectivity index (χ2v) is 7.43. The second-order valence-electron chi connectivity index (χ2n) is 7.43. The first-order valence-corrected chi connectivity index (χ1v) is 8.80. The highest BCUT2D eigenvalue weighted by molar-refractivity contribution is 6.03. The maximum Gasteiger partial charge on any atom is 0.419 e. The number of aromatic nitrogens is 1. The average Bonchev–Trinajstić information content (AvgIpc) is 3.05. The molecule has 5 nitrogen and oxygen atoms in total. The molecular formula is C22H23NO4. The Kier molecular flexibility index (Phi) is 5.04. The van der Waals surface area contributed by atoms with Crippen LogP contribution in [0.1, 0.15) is 42.3 Å². The van der Waals surface area contributed by atoms with Crippen LogP contribution < -0.4 is 4.74 Å². The van der Waals surface area contributed by atoms with Crippen LogP contribution in [0.15, 0.2) is 48.7 Å². The lowest BCUT2D eigenvalue weighted by molar-refractivity contribution is 0.0544. The van der Waals surface area contributed by atoms with Gasteiger partial charge in [0.05, 0.1) is 11.1 Å². The summed E-state index contributed by atoms with van der Waals surface area (Å²) in [6.45, 7) is 7.69. The van der Waals surface area contributed by atoms with E-state index in [9.17, 15) is 9.59 Å². The zero-order valence-electron chi connectivity index (χ0n) is 16.0. The van der Waals surface area contributed by atoms with E-state index in [4.69, 9.17) is 9.47 Å². The minimum atomic E-state index is -0.603. The fourth-order valence-electron chi connectivity index (χ4n) is 2.97. The molecule has 140 valence electrons. The molecule has 27 heavy (non-hydrogen) atoms. The predicted molar refractivity (Wildman–Crippen MR) is 104 cm³/mol. The molecule has 1 aromatic heterocycles. The number of rotatable bonds is 4. The third-order valence-corrected chi connectivity index (χ3v) is 4.11. The molecule has 0 aliphatic rings. The van der Waals surface area contributed by atoms with Crippen LogP contribution in [0.3, 0.4) is 0 Å². The molecule has 0 spiro atoms. The van der Waals surface area contributed by atoms with Gasteiger partial charge in [-0.3, -0.25) is 9.36 Å². The van der Waals surface area contributed by atoms with E-state index in [1.807, 2.05) is 58.0 Å². The van der Waals surface area contributed by atoms with Crippen molar-refractivity contribution in [2.75, 3.05) is 0 Å². The van der Waals surface area contributed by atoms with Gasteiger partial charge in [-0.05, 0) is 51.0 Å². The van der Waals surface area contributed by atoms with Gasteiger partial charge in [0.25, 0.3) is 0 Å². The van der Waals surface area contributed by atoms with Crippen molar-refractivity contribution >= 4 is 23.3 Å². The summed E-state index contributed by atoms with van der Waals surface area (Å²) in [7, 11) is 0. The third kappa shape index (κ3) is 4.03. The van der Waals surface area contributed by atoms with E-state index in [2.05, 4.69) is 0 Å². The molecule has 0 radical (unpaired) electrons. The molecule has 0 aliphatic carbocycles. The molecule has 3 rings (SSSR count). The van der Waals surface area contributed by atoms with E-state index in [0.29, 0.717) is 28.8 Å². The summed E-state index contributed by atoms with van der Waals surface area (Å²) >= 11 is 0. The molecule has 1 heterocycles. The summed E-state index contributed by atoms with van der Waals surface area (Å²) < 4.78 is 12.8. The SMILES string of the molecule is Cc1cc(OCc2ccccc2)c(C=O)c2ccn(C(=O)OC(C)(C)C)c12. The summed E-state index contributed by atoms with van der Waals surface area (Å²) in [6.07, 6.45) is 1.91. The first-order valence-electron chi connectivity index (χ1n) is 8.80. The maximum absolute atomic E-state index is 12.5. The van der Waals surface area contributed by atoms with Crippen molar-refractivity contribution in [2.45, 2.75) is 39.9 Å². The van der Waals surface area contributed by atoms with E-state index < -0.39 is 11.7 Å². The van der Waals surface area contributed by atoms with Gasteiger partial charge < -0.3 is 9.47 Å². The smallest absolute Gasteiger partial charge is 0.419 e. The molecule has 0 saturated carbocycles. The second kappa shape index (κ2) is 7.27. The predicted octanol–water partition coefficient (Wildman–Crippen LogP) is 5.12. The summed E-state index contributed by atoms with van der Waals surface area (Å²) in [5.41, 5.74) is 2.31. The molecule has 0 aliphatic heterocycles. The molecule has 3 aromatic rings. The van der Waals surface area contributed by atoms with Crippen LogP contribution in [-0.4, -0.2) is 22.5 Å². The average molecular weight is 365 g/mol. The number of carbonyl (C=O) groups is 2. The number of ether oxygens (including phenoxy) is 2. The van der Waals surface area contributed by atoms with Crippen molar-refractivity contribution in [3.8, 4) is 5.75 Å². The minimum absolute atomic E-state index is 0.361. The van der Waals surface area contributed by atoms with Gasteiger partial charge in [-0.1, -0.05) is 30.3 Å². The van der Waals surface area contributed by atoms with Crippen LogP contribution in [0.25, 0.3) is 10.9 Å². The number of aldehydes is 1. The Labute approximate surface area is 158 Å². The number of aryl methyl sites for hydroxylation is 1. The van der Waals surface area contributed by atoms with Crippen molar-refractivity contribution in [3.63, 3.8) is 0 Å². The third-order valence-electron chi connectivity index (χ3n) is 4.11. The standard InChI is InChI=1S/C22H23NO4/c1-15-12-19(26-14-16-8-6-5-7-9-16)18(13-24)17-10-11-23(20(15)17)21(25)27-22(2,3)4/h5-13H,14H2,1-4H3. The Morgan fingerprint density at radius 2 is 1.85 bits per heavy atom. The molecule has 0 atom stereocenters. The van der Waals surface area contributed by atoms with Crippen molar-refractivity contribution in [3.05, 3.63) is 65.4 Å². The number of hydrogen-bond donors (Lipinski definition) is 0. The normalized spacial score (nSPS) is 11.4. The molecule has 5 heteroatoms. The highest BCUT2D eigenvalue weighted by Gasteiger charge is 2.22. The number of nitrogens with zero attached hydrogens (tertiary/aromatic N) is 1. The summed E-state index contributed by atoms with van der Waals surface area (Å²) in [4.78, 5) is 24.3. The Bertz CT molecular complexity index is 981. The van der Waals surface area contributed by atoms with E-state index in [1.165, 1.54) is 4.57 Å². The first-order chi connectivity index (χ1) is 12.8. The van der Waals surface area contributed by atoms with Gasteiger partial charge >= 0.3 is 6.09 Å². The van der Waals surface area contributed by atoms with Gasteiger partial charge in [0, 0.05) is 11.6 Å². The van der Waals surface area contributed by atoms with Crippen molar-refractivity contribution in [1.29, 1.82) is 0 Å². The largest absolute Gasteiger partial charge is 0.488 e. The minimum Gasteiger partial charge on any atom is -0.488 e. The van der Waals surface area contributed by atoms with Crippen molar-refractivity contribution < 1.29 is 19.1 Å². The molecule has 2 aromatic carbocycles. The van der Waals surface area contributed by atoms with Crippen molar-refractivity contribution in [2.24, 2.45) is 0 Å². The highest BCUT2D eigenvalue weighted by atomic mass is 16.6. The van der Waals surface area contributed by atoms with Gasteiger partial charge in [0.1, 0.15) is 18.0 Å². The zero-order chi connectivity index (χ0) is 19.6.